The number of hydrogen-bond donors (Lipinski definition) is 0. The van der Waals surface area contributed by atoms with Crippen molar-refractivity contribution in [3.63, 3.8) is 0 Å². The fourth-order valence-electron chi connectivity index (χ4n) is 10.2. The van der Waals surface area contributed by atoms with Crippen molar-refractivity contribution in [1.82, 2.24) is 15.0 Å². The zero-order chi connectivity index (χ0) is 39.2. The molecule has 0 saturated heterocycles. The van der Waals surface area contributed by atoms with Crippen LogP contribution in [0.2, 0.25) is 0 Å². The molecule has 0 saturated carbocycles. The van der Waals surface area contributed by atoms with E-state index in [1.165, 1.54) is 55.7 Å². The van der Waals surface area contributed by atoms with Gasteiger partial charge in [0.05, 0.1) is 5.56 Å². The molecule has 0 aliphatic heterocycles. The first-order valence-electron chi connectivity index (χ1n) is 20.6. The molecule has 280 valence electrons. The highest BCUT2D eigenvalue weighted by Crippen LogP contribution is 2.56. The molecule has 4 nitrogen and oxygen atoms in total. The summed E-state index contributed by atoms with van der Waals surface area (Å²) in [6, 6.07) is 58.3. The highest BCUT2D eigenvalue weighted by Gasteiger charge is 2.43. The van der Waals surface area contributed by atoms with Gasteiger partial charge in [-0.15, -0.1) is 0 Å². The third-order valence-electron chi connectivity index (χ3n) is 13.2. The Kier molecular flexibility index (Phi) is 7.43. The number of nitrogens with zero attached hydrogens (tertiary/aromatic N) is 3. The van der Waals surface area contributed by atoms with Gasteiger partial charge in [0.25, 0.3) is 0 Å². The van der Waals surface area contributed by atoms with Crippen LogP contribution < -0.4 is 0 Å². The van der Waals surface area contributed by atoms with Crippen LogP contribution in [-0.2, 0) is 5.41 Å². The Labute approximate surface area is 343 Å². The molecular weight excluding hydrogens is 719 g/mol. The number of furan rings is 1. The molecule has 2 heterocycles. The highest BCUT2D eigenvalue weighted by atomic mass is 16.3. The van der Waals surface area contributed by atoms with Crippen LogP contribution in [0.1, 0.15) is 59.6 Å². The summed E-state index contributed by atoms with van der Waals surface area (Å²) in [5, 5.41) is 2.12. The SMILES string of the molecule is CC1(C)c2ccccc2C2=CC=C(c3ccc4c(c3)-c3ccccc3C4c3ccc4oc5c(-c6nc(-c7ccccc7)nc(-c7ccccc7)n6)cccc5c4c3)CC21. The van der Waals surface area contributed by atoms with Gasteiger partial charge in [-0.2, -0.15) is 0 Å². The van der Waals surface area contributed by atoms with Crippen LogP contribution in [0.4, 0.5) is 0 Å². The van der Waals surface area contributed by atoms with Gasteiger partial charge in [-0.05, 0) is 97.7 Å². The maximum absolute atomic E-state index is 6.72. The Morgan fingerprint density at radius 3 is 1.95 bits per heavy atom. The van der Waals surface area contributed by atoms with E-state index in [9.17, 15) is 0 Å². The summed E-state index contributed by atoms with van der Waals surface area (Å²) in [4.78, 5) is 15.0. The lowest BCUT2D eigenvalue weighted by molar-refractivity contribution is 0.418. The van der Waals surface area contributed by atoms with Crippen LogP contribution in [0.3, 0.4) is 0 Å². The van der Waals surface area contributed by atoms with E-state index >= 15 is 0 Å². The van der Waals surface area contributed by atoms with Gasteiger partial charge in [0.15, 0.2) is 17.5 Å². The quantitative estimate of drug-likeness (QED) is 0.175. The predicted molar refractivity (Wildman–Crippen MR) is 240 cm³/mol. The van der Waals surface area contributed by atoms with Gasteiger partial charge in [-0.25, -0.2) is 15.0 Å². The topological polar surface area (TPSA) is 51.8 Å². The average molecular weight is 758 g/mol. The monoisotopic (exact) mass is 757 g/mol. The van der Waals surface area contributed by atoms with Crippen LogP contribution in [0, 0.1) is 5.92 Å². The van der Waals surface area contributed by atoms with Crippen LogP contribution in [0.15, 0.2) is 180 Å². The van der Waals surface area contributed by atoms with Crippen molar-refractivity contribution in [2.45, 2.75) is 31.6 Å². The summed E-state index contributed by atoms with van der Waals surface area (Å²) in [5.74, 6) is 2.40. The van der Waals surface area contributed by atoms with E-state index in [0.29, 0.717) is 23.4 Å². The summed E-state index contributed by atoms with van der Waals surface area (Å²) >= 11 is 0. The maximum atomic E-state index is 6.72. The van der Waals surface area contributed by atoms with E-state index in [-0.39, 0.29) is 11.3 Å². The van der Waals surface area contributed by atoms with Crippen LogP contribution in [0.5, 0.6) is 0 Å². The van der Waals surface area contributed by atoms with Crippen molar-refractivity contribution in [1.29, 1.82) is 0 Å². The Morgan fingerprint density at radius 1 is 0.508 bits per heavy atom. The second kappa shape index (κ2) is 12.9. The lowest BCUT2D eigenvalue weighted by Gasteiger charge is -2.31. The molecule has 0 amide bonds. The van der Waals surface area contributed by atoms with Crippen molar-refractivity contribution in [2.24, 2.45) is 5.92 Å². The van der Waals surface area contributed by atoms with E-state index in [1.807, 2.05) is 60.7 Å². The van der Waals surface area contributed by atoms with Crippen LogP contribution in [-0.4, -0.2) is 15.0 Å². The van der Waals surface area contributed by atoms with Gasteiger partial charge >= 0.3 is 0 Å². The van der Waals surface area contributed by atoms with E-state index in [2.05, 4.69) is 129 Å². The smallest absolute Gasteiger partial charge is 0.167 e. The van der Waals surface area contributed by atoms with Crippen LogP contribution in [0.25, 0.3) is 78.4 Å². The molecule has 0 bridgehead atoms. The number of rotatable bonds is 5. The molecule has 12 rings (SSSR count). The van der Waals surface area contributed by atoms with Crippen LogP contribution >= 0.6 is 0 Å². The molecule has 59 heavy (non-hydrogen) atoms. The molecule has 3 aliphatic rings. The summed E-state index contributed by atoms with van der Waals surface area (Å²) in [7, 11) is 0. The van der Waals surface area contributed by atoms with Gasteiger partial charge < -0.3 is 4.42 Å². The molecule has 0 fully saturated rings. The summed E-state index contributed by atoms with van der Waals surface area (Å²) in [6.07, 6.45) is 5.80. The minimum Gasteiger partial charge on any atom is -0.455 e. The van der Waals surface area contributed by atoms with Crippen molar-refractivity contribution in [2.75, 3.05) is 0 Å². The number of fused-ring (bicyclic) bond motifs is 9. The molecule has 0 radical (unpaired) electrons. The zero-order valence-electron chi connectivity index (χ0n) is 32.9. The lowest BCUT2D eigenvalue weighted by Crippen LogP contribution is -2.24. The van der Waals surface area contributed by atoms with Gasteiger partial charge in [-0.1, -0.05) is 166 Å². The molecule has 9 aromatic rings. The lowest BCUT2D eigenvalue weighted by atomic mass is 9.72. The van der Waals surface area contributed by atoms with Gasteiger partial charge in [0.2, 0.25) is 0 Å². The molecule has 4 heteroatoms. The van der Waals surface area contributed by atoms with Gasteiger partial charge in [0, 0.05) is 27.8 Å². The average Bonchev–Trinajstić information content (AvgIpc) is 3.91. The Hall–Kier alpha value is -7.17. The van der Waals surface area contributed by atoms with Crippen molar-refractivity contribution >= 4 is 33.1 Å². The van der Waals surface area contributed by atoms with E-state index in [1.54, 1.807) is 0 Å². The molecule has 0 N–H and O–H groups in total. The Morgan fingerprint density at radius 2 is 1.17 bits per heavy atom. The first-order chi connectivity index (χ1) is 29.0. The highest BCUT2D eigenvalue weighted by molar-refractivity contribution is 6.09. The summed E-state index contributed by atoms with van der Waals surface area (Å²) in [6.45, 7) is 4.84. The molecular formula is C55H39N3O. The Bertz CT molecular complexity index is 3170. The van der Waals surface area contributed by atoms with E-state index < -0.39 is 0 Å². The molecule has 2 unspecified atom stereocenters. The minimum absolute atomic E-state index is 0.0918. The zero-order valence-corrected chi connectivity index (χ0v) is 32.9. The number of aromatic nitrogens is 3. The molecule has 2 aromatic heterocycles. The first-order valence-corrected chi connectivity index (χ1v) is 20.6. The summed E-state index contributed by atoms with van der Waals surface area (Å²) in [5.41, 5.74) is 18.1. The molecule has 3 aliphatic carbocycles. The number of para-hydroxylation sites is 1. The van der Waals surface area contributed by atoms with Gasteiger partial charge in [-0.3, -0.25) is 0 Å². The normalized spacial score (nSPS) is 17.3. The van der Waals surface area contributed by atoms with E-state index in [4.69, 9.17) is 19.4 Å². The fourth-order valence-corrected chi connectivity index (χ4v) is 10.2. The number of allylic oxidation sites excluding steroid dienone is 4. The van der Waals surface area contributed by atoms with Crippen molar-refractivity contribution in [3.05, 3.63) is 209 Å². The standard InChI is InChI=1S/C55H39N3O/c1-55(2)47-23-12-11-19-39(47)40-27-24-36(32-48(40)55)35-25-28-42-45(30-35)38-18-9-10-20-41(38)50(42)37-26-29-49-46(31-37)43-21-13-22-44(51(43)59-49)54-57-52(33-14-5-3-6-15-33)56-53(58-54)34-16-7-4-8-17-34/h3-31,48,50H,32H2,1-2H3. The second-order valence-electron chi connectivity index (χ2n) is 16.7. The van der Waals surface area contributed by atoms with Crippen molar-refractivity contribution < 1.29 is 4.42 Å². The molecule has 0 spiro atoms. The first kappa shape index (κ1) is 33.9. The predicted octanol–water partition coefficient (Wildman–Crippen LogP) is 13.7. The number of benzene rings is 7. The third kappa shape index (κ3) is 5.26. The maximum Gasteiger partial charge on any atom is 0.167 e. The largest absolute Gasteiger partial charge is 0.455 e. The summed E-state index contributed by atoms with van der Waals surface area (Å²) < 4.78 is 6.72. The molecule has 7 aromatic carbocycles. The van der Waals surface area contributed by atoms with E-state index in [0.717, 1.165) is 45.0 Å². The van der Waals surface area contributed by atoms with Crippen molar-refractivity contribution in [3.8, 4) is 45.3 Å². The minimum atomic E-state index is 0.0918. The van der Waals surface area contributed by atoms with Gasteiger partial charge in [0.1, 0.15) is 11.2 Å². The fraction of sp³-hybridized carbons (Fsp3) is 0.109. The Balaban J connectivity index is 0.947. The third-order valence-corrected chi connectivity index (χ3v) is 13.2. The molecule has 2 atom stereocenters. The number of hydrogen-bond acceptors (Lipinski definition) is 4. The second-order valence-corrected chi connectivity index (χ2v) is 16.7.